The Labute approximate surface area is 203 Å². The summed E-state index contributed by atoms with van der Waals surface area (Å²) in [5.74, 6) is 0.000289. The minimum absolute atomic E-state index is 0.000289. The first-order valence-electron chi connectivity index (χ1n) is 10.8. The molecule has 0 unspecified atom stereocenters. The van der Waals surface area contributed by atoms with E-state index in [4.69, 9.17) is 0 Å². The van der Waals surface area contributed by atoms with E-state index in [1.165, 1.54) is 31.6 Å². The zero-order chi connectivity index (χ0) is 23.8. The summed E-state index contributed by atoms with van der Waals surface area (Å²) in [5, 5.41) is 0. The molecule has 1 heterocycles. The monoisotopic (exact) mass is 523 g/mol. The molecule has 5 nitrogen and oxygen atoms in total. The van der Waals surface area contributed by atoms with Crippen LogP contribution in [0, 0.1) is 6.92 Å². The summed E-state index contributed by atoms with van der Waals surface area (Å²) in [7, 11) is 0.338. The van der Waals surface area contributed by atoms with Crippen molar-refractivity contribution >= 4 is 40.4 Å². The van der Waals surface area contributed by atoms with Crippen LogP contribution in [0.2, 0.25) is 0 Å². The Bertz CT molecular complexity index is 1300. The van der Waals surface area contributed by atoms with Gasteiger partial charge in [-0.3, -0.25) is 0 Å². The predicted molar refractivity (Wildman–Crippen MR) is 135 cm³/mol. The number of hydrogen-bond acceptors (Lipinski definition) is 3. The molecule has 4 rings (SSSR count). The summed E-state index contributed by atoms with van der Waals surface area (Å²) in [5.41, 5.74) is 6.59. The van der Waals surface area contributed by atoms with Crippen LogP contribution in [-0.2, 0) is 23.0 Å². The van der Waals surface area contributed by atoms with Gasteiger partial charge in [0.15, 0.2) is 0 Å². The van der Waals surface area contributed by atoms with E-state index >= 15 is 0 Å². The van der Waals surface area contributed by atoms with Crippen LogP contribution in [0.4, 0.5) is 0 Å². The molecule has 3 aromatic carbocycles. The van der Waals surface area contributed by atoms with Crippen molar-refractivity contribution in [3.63, 3.8) is 0 Å². The molecule has 1 radical (unpaired) electrons. The summed E-state index contributed by atoms with van der Waals surface area (Å²) >= 11 is -0.230. The van der Waals surface area contributed by atoms with Gasteiger partial charge in [-0.1, -0.05) is 0 Å². The Hall–Kier alpha value is -2.40. The van der Waals surface area contributed by atoms with Gasteiger partial charge >= 0.3 is 204 Å². The van der Waals surface area contributed by atoms with E-state index in [-0.39, 0.29) is 21.7 Å². The molecule has 1 aliphatic heterocycles. The Morgan fingerprint density at radius 2 is 1.76 bits per heavy atom. The van der Waals surface area contributed by atoms with Gasteiger partial charge in [0.2, 0.25) is 0 Å². The van der Waals surface area contributed by atoms with E-state index in [0.29, 0.717) is 18.7 Å². The van der Waals surface area contributed by atoms with Crippen molar-refractivity contribution < 1.29 is 13.2 Å². The molecule has 0 saturated carbocycles. The van der Waals surface area contributed by atoms with Gasteiger partial charge in [-0.25, -0.2) is 0 Å². The second kappa shape index (κ2) is 9.46. The number of rotatable bonds is 5. The van der Waals surface area contributed by atoms with Crippen molar-refractivity contribution in [1.82, 2.24) is 9.21 Å². The van der Waals surface area contributed by atoms with Crippen LogP contribution >= 0.6 is 0 Å². The summed E-state index contributed by atoms with van der Waals surface area (Å²) in [6, 6.07) is 20.7. The van der Waals surface area contributed by atoms with Gasteiger partial charge in [0.25, 0.3) is 0 Å². The van der Waals surface area contributed by atoms with Gasteiger partial charge in [-0.15, -0.1) is 0 Å². The summed E-state index contributed by atoms with van der Waals surface area (Å²) in [6.07, 6.45) is 2.04. The number of aryl methyl sites for hydroxylation is 1. The fourth-order valence-corrected chi connectivity index (χ4v) is 7.39. The first-order valence-corrected chi connectivity index (χ1v) is 14.6. The number of hydrogen-bond donors (Lipinski definition) is 0. The first kappa shape index (κ1) is 23.7. The molecule has 0 N–H and O–H groups in total. The topological polar surface area (TPSA) is 57.7 Å². The van der Waals surface area contributed by atoms with Crippen molar-refractivity contribution in [2.45, 2.75) is 19.9 Å². The Kier molecular flexibility index (Phi) is 6.80. The van der Waals surface area contributed by atoms with Crippen LogP contribution in [-0.4, -0.2) is 66.2 Å². The van der Waals surface area contributed by atoms with Crippen molar-refractivity contribution in [2.75, 3.05) is 26.9 Å². The number of carbonyl (C=O) groups is 1. The molecule has 0 saturated heterocycles. The molecule has 0 fully saturated rings. The molecule has 0 aromatic heterocycles. The van der Waals surface area contributed by atoms with Crippen molar-refractivity contribution in [3.8, 4) is 11.1 Å². The Morgan fingerprint density at radius 1 is 1.03 bits per heavy atom. The van der Waals surface area contributed by atoms with E-state index in [2.05, 4.69) is 37.3 Å². The average molecular weight is 524 g/mol. The average Bonchev–Trinajstić information content (AvgIpc) is 2.79. The van der Waals surface area contributed by atoms with Crippen LogP contribution in [0.5, 0.6) is 0 Å². The minimum atomic E-state index is -3.18. The normalized spacial score (nSPS) is 14.4. The predicted octanol–water partition coefficient (Wildman–Crippen LogP) is 2.34. The van der Waals surface area contributed by atoms with E-state index in [0.717, 1.165) is 17.5 Å². The van der Waals surface area contributed by atoms with Gasteiger partial charge in [0.05, 0.1) is 0 Å². The molecule has 7 heteroatoms. The first-order chi connectivity index (χ1) is 15.6. The van der Waals surface area contributed by atoms with E-state index in [1.807, 2.05) is 30.3 Å². The van der Waals surface area contributed by atoms with Crippen LogP contribution in [0.15, 0.2) is 60.7 Å². The third-order valence-electron chi connectivity index (χ3n) is 5.99. The number of sulfonamides is 1. The van der Waals surface area contributed by atoms with E-state index in [1.54, 1.807) is 23.3 Å². The van der Waals surface area contributed by atoms with E-state index < -0.39 is 10.0 Å². The van der Waals surface area contributed by atoms with Gasteiger partial charge in [-0.2, -0.15) is 0 Å². The van der Waals surface area contributed by atoms with Crippen molar-refractivity contribution in [2.24, 2.45) is 0 Å². The molecule has 3 aromatic rings. The van der Waals surface area contributed by atoms with E-state index in [9.17, 15) is 13.2 Å². The van der Waals surface area contributed by atoms with Gasteiger partial charge < -0.3 is 0 Å². The van der Waals surface area contributed by atoms with Crippen LogP contribution < -0.4 is 8.70 Å². The van der Waals surface area contributed by atoms with Crippen molar-refractivity contribution in [3.05, 3.63) is 82.9 Å². The number of carbonyl (C=O) groups excluding carboxylic acids is 1. The second-order valence-corrected chi connectivity index (χ2v) is 13.2. The summed E-state index contributed by atoms with van der Waals surface area (Å²) < 4.78 is 28.2. The standard InChI is InChI=1S/C26H28AsN2O3S/c1-18-8-13-22(16-24(18)19-9-11-20(12-10-19)26(30)28(2)3)27-25-7-5-6-21-17-29(33(4,31)32)15-14-23(21)25/h5-13,16H,14-15,17H2,1-4H3. The molecule has 0 aliphatic carbocycles. The zero-order valence-corrected chi connectivity index (χ0v) is 22.1. The third-order valence-corrected chi connectivity index (χ3v) is 9.75. The molecule has 0 bridgehead atoms. The number of benzene rings is 3. The van der Waals surface area contributed by atoms with Crippen LogP contribution in [0.3, 0.4) is 0 Å². The third kappa shape index (κ3) is 5.24. The molecule has 1 amide bonds. The molecular formula is C26H28AsN2O3S. The fourth-order valence-electron chi connectivity index (χ4n) is 4.13. The molecular weight excluding hydrogens is 495 g/mol. The summed E-state index contributed by atoms with van der Waals surface area (Å²) in [6.45, 7) is 3.11. The maximum absolute atomic E-state index is 12.2. The van der Waals surface area contributed by atoms with Crippen molar-refractivity contribution in [1.29, 1.82) is 0 Å². The maximum atomic E-state index is 12.2. The SMILES string of the molecule is Cc1ccc([As]c2cccc3c2CCN(S(C)(=O)=O)C3)cc1-c1ccc(C(=O)N(C)C)cc1. The van der Waals surface area contributed by atoms with Crippen LogP contribution in [0.1, 0.15) is 27.0 Å². The van der Waals surface area contributed by atoms with Gasteiger partial charge in [0, 0.05) is 0 Å². The number of amides is 1. The van der Waals surface area contributed by atoms with Crippen LogP contribution in [0.25, 0.3) is 11.1 Å². The molecule has 0 atom stereocenters. The van der Waals surface area contributed by atoms with Gasteiger partial charge in [0.1, 0.15) is 0 Å². The second-order valence-electron chi connectivity index (χ2n) is 8.65. The Balaban J connectivity index is 1.61. The molecule has 171 valence electrons. The Morgan fingerprint density at radius 3 is 2.42 bits per heavy atom. The fraction of sp³-hybridized carbons (Fsp3) is 0.269. The molecule has 33 heavy (non-hydrogen) atoms. The summed E-state index contributed by atoms with van der Waals surface area (Å²) in [4.78, 5) is 13.8. The quantitative estimate of drug-likeness (QED) is 0.483. The van der Waals surface area contributed by atoms with Gasteiger partial charge in [-0.05, 0) is 0 Å². The molecule has 1 aliphatic rings. The number of nitrogens with zero attached hydrogens (tertiary/aromatic N) is 2. The zero-order valence-electron chi connectivity index (χ0n) is 19.4. The number of fused-ring (bicyclic) bond motifs is 1. The molecule has 0 spiro atoms.